The van der Waals surface area contributed by atoms with Crippen LogP contribution in [0.1, 0.15) is 39.6 Å². The first-order chi connectivity index (χ1) is 12.8. The van der Waals surface area contributed by atoms with Gasteiger partial charge in [-0.3, -0.25) is 14.2 Å². The molecule has 2 N–H and O–H groups in total. The van der Waals surface area contributed by atoms with Crippen LogP contribution < -0.4 is 16.2 Å². The summed E-state index contributed by atoms with van der Waals surface area (Å²) < 4.78 is 7.33. The van der Waals surface area contributed by atoms with Crippen LogP contribution in [-0.2, 0) is 16.1 Å². The molecular formula is C20H28N4O3. The van der Waals surface area contributed by atoms with Crippen LogP contribution in [0.2, 0.25) is 0 Å². The Kier molecular flexibility index (Phi) is 7.12. The van der Waals surface area contributed by atoms with Crippen LogP contribution in [-0.4, -0.2) is 34.7 Å². The molecule has 1 amide bonds. The molecule has 1 aromatic heterocycles. The molecule has 2 aromatic rings. The minimum absolute atomic E-state index is 0.0247. The molecule has 1 aromatic carbocycles. The number of amides is 1. The van der Waals surface area contributed by atoms with Gasteiger partial charge in [-0.1, -0.05) is 18.7 Å². The molecule has 0 aliphatic heterocycles. The highest BCUT2D eigenvalue weighted by molar-refractivity contribution is 5.77. The van der Waals surface area contributed by atoms with Crippen LogP contribution >= 0.6 is 0 Å². The zero-order valence-electron chi connectivity index (χ0n) is 16.4. The van der Waals surface area contributed by atoms with Gasteiger partial charge < -0.3 is 15.4 Å². The van der Waals surface area contributed by atoms with Crippen LogP contribution in [0.15, 0.2) is 41.4 Å². The number of aromatic nitrogens is 2. The molecule has 1 atom stereocenters. The third-order valence-corrected chi connectivity index (χ3v) is 4.08. The number of hydrogen-bond acceptors (Lipinski definition) is 5. The van der Waals surface area contributed by atoms with E-state index in [9.17, 15) is 9.59 Å². The summed E-state index contributed by atoms with van der Waals surface area (Å²) >= 11 is 0. The van der Waals surface area contributed by atoms with Crippen molar-refractivity contribution in [1.82, 2.24) is 20.2 Å². The molecule has 146 valence electrons. The van der Waals surface area contributed by atoms with E-state index in [-0.39, 0.29) is 23.6 Å². The number of nitrogens with zero attached hydrogens (tertiary/aromatic N) is 2. The maximum Gasteiger partial charge on any atom is 0.262 e. The Balaban J connectivity index is 2.33. The van der Waals surface area contributed by atoms with Crippen LogP contribution in [0.25, 0.3) is 10.9 Å². The Morgan fingerprint density at radius 3 is 2.63 bits per heavy atom. The molecule has 0 radical (unpaired) electrons. The minimum atomic E-state index is -0.357. The molecule has 7 nitrogen and oxygen atoms in total. The summed E-state index contributed by atoms with van der Waals surface area (Å²) in [5, 5.41) is 6.50. The summed E-state index contributed by atoms with van der Waals surface area (Å²) in [5.74, 6) is 1.04. The number of carbonyl (C=O) groups is 1. The van der Waals surface area contributed by atoms with Gasteiger partial charge in [0.1, 0.15) is 11.6 Å². The molecule has 0 bridgehead atoms. The number of nitrogens with one attached hydrogen (secondary N) is 2. The average Bonchev–Trinajstić information content (AvgIpc) is 2.60. The van der Waals surface area contributed by atoms with Crippen molar-refractivity contribution in [2.45, 2.75) is 46.4 Å². The van der Waals surface area contributed by atoms with Gasteiger partial charge in [-0.2, -0.15) is 0 Å². The molecule has 0 saturated heterocycles. The number of hydrogen-bond donors (Lipinski definition) is 2. The Morgan fingerprint density at radius 2 is 1.96 bits per heavy atom. The fourth-order valence-corrected chi connectivity index (χ4v) is 2.79. The van der Waals surface area contributed by atoms with Crippen molar-refractivity contribution in [3.8, 4) is 0 Å². The highest BCUT2D eigenvalue weighted by Crippen LogP contribution is 2.19. The summed E-state index contributed by atoms with van der Waals surface area (Å²) in [7, 11) is 0. The van der Waals surface area contributed by atoms with Crippen molar-refractivity contribution in [2.24, 2.45) is 0 Å². The van der Waals surface area contributed by atoms with Crippen molar-refractivity contribution in [3.05, 3.63) is 52.8 Å². The standard InChI is InChI=1S/C20H28N4O3/c1-13(2)27-15(4)14(3)24-19(12-21-10-11-22-16(5)25)23-18-9-7-6-8-17(18)20(24)26/h6-9,13-14,21H,4,10-12H2,1-3,5H3,(H,22,25). The smallest absolute Gasteiger partial charge is 0.262 e. The number of ether oxygens (including phenoxy) is 1. The van der Waals surface area contributed by atoms with Crippen molar-refractivity contribution in [2.75, 3.05) is 13.1 Å². The first-order valence-electron chi connectivity index (χ1n) is 9.12. The van der Waals surface area contributed by atoms with E-state index in [0.29, 0.717) is 42.1 Å². The quantitative estimate of drug-likeness (QED) is 0.520. The van der Waals surface area contributed by atoms with E-state index < -0.39 is 0 Å². The molecule has 0 aliphatic rings. The maximum atomic E-state index is 13.1. The largest absolute Gasteiger partial charge is 0.494 e. The van der Waals surface area contributed by atoms with Gasteiger partial charge in [0.25, 0.3) is 5.56 Å². The third-order valence-electron chi connectivity index (χ3n) is 4.08. The van der Waals surface area contributed by atoms with Crippen LogP contribution in [0.3, 0.4) is 0 Å². The zero-order valence-corrected chi connectivity index (χ0v) is 16.4. The molecule has 2 rings (SSSR count). The highest BCUT2D eigenvalue weighted by atomic mass is 16.5. The third kappa shape index (κ3) is 5.40. The van der Waals surface area contributed by atoms with Crippen LogP contribution in [0.5, 0.6) is 0 Å². The van der Waals surface area contributed by atoms with Crippen molar-refractivity contribution >= 4 is 16.8 Å². The summed E-state index contributed by atoms with van der Waals surface area (Å²) in [6.07, 6.45) is -0.0247. The number of carbonyl (C=O) groups excluding carboxylic acids is 1. The SMILES string of the molecule is C=C(OC(C)C)C(C)n1c(CNCCNC(C)=O)nc2ccccc2c1=O. The van der Waals surface area contributed by atoms with E-state index in [4.69, 9.17) is 4.74 Å². The highest BCUT2D eigenvalue weighted by Gasteiger charge is 2.19. The minimum Gasteiger partial charge on any atom is -0.494 e. The summed E-state index contributed by atoms with van der Waals surface area (Å²) in [6, 6.07) is 6.92. The Bertz CT molecular complexity index is 873. The fraction of sp³-hybridized carbons (Fsp3) is 0.450. The van der Waals surface area contributed by atoms with Gasteiger partial charge in [0, 0.05) is 20.0 Å². The molecule has 7 heteroatoms. The van der Waals surface area contributed by atoms with E-state index in [0.717, 1.165) is 0 Å². The van der Waals surface area contributed by atoms with Gasteiger partial charge >= 0.3 is 0 Å². The predicted molar refractivity (Wildman–Crippen MR) is 106 cm³/mol. The van der Waals surface area contributed by atoms with Gasteiger partial charge in [-0.15, -0.1) is 0 Å². The number of para-hydroxylation sites is 1. The Morgan fingerprint density at radius 1 is 1.26 bits per heavy atom. The van der Waals surface area contributed by atoms with Gasteiger partial charge in [-0.05, 0) is 32.9 Å². The topological polar surface area (TPSA) is 85.2 Å². The molecule has 27 heavy (non-hydrogen) atoms. The first-order valence-corrected chi connectivity index (χ1v) is 9.12. The van der Waals surface area contributed by atoms with E-state index in [2.05, 4.69) is 22.2 Å². The number of allylic oxidation sites excluding steroid dienone is 1. The summed E-state index contributed by atoms with van der Waals surface area (Å²) in [4.78, 5) is 28.7. The monoisotopic (exact) mass is 372 g/mol. The van der Waals surface area contributed by atoms with Gasteiger partial charge in [-0.25, -0.2) is 4.98 Å². The fourth-order valence-electron chi connectivity index (χ4n) is 2.79. The Labute approximate surface area is 159 Å². The van der Waals surface area contributed by atoms with Crippen molar-refractivity contribution < 1.29 is 9.53 Å². The lowest BCUT2D eigenvalue weighted by molar-refractivity contribution is -0.118. The zero-order chi connectivity index (χ0) is 20.0. The molecule has 1 heterocycles. The van der Waals surface area contributed by atoms with Crippen molar-refractivity contribution in [3.63, 3.8) is 0 Å². The number of rotatable bonds is 9. The average molecular weight is 372 g/mol. The molecule has 0 fully saturated rings. The molecular weight excluding hydrogens is 344 g/mol. The second-order valence-corrected chi connectivity index (χ2v) is 6.69. The number of benzene rings is 1. The lowest BCUT2D eigenvalue weighted by atomic mass is 10.2. The predicted octanol–water partition coefficient (Wildman–Crippen LogP) is 2.12. The second kappa shape index (κ2) is 9.32. The lowest BCUT2D eigenvalue weighted by Crippen LogP contribution is -2.34. The van der Waals surface area contributed by atoms with Gasteiger partial charge in [0.2, 0.25) is 5.91 Å². The molecule has 0 saturated carbocycles. The van der Waals surface area contributed by atoms with E-state index in [1.807, 2.05) is 39.0 Å². The second-order valence-electron chi connectivity index (χ2n) is 6.69. The van der Waals surface area contributed by atoms with Gasteiger partial charge in [0.05, 0.1) is 29.6 Å². The molecule has 0 aliphatic carbocycles. The summed E-state index contributed by atoms with van der Waals surface area (Å²) in [6.45, 7) is 12.6. The molecule has 1 unspecified atom stereocenters. The lowest BCUT2D eigenvalue weighted by Gasteiger charge is -2.23. The molecule has 0 spiro atoms. The normalized spacial score (nSPS) is 12.2. The van der Waals surface area contributed by atoms with E-state index in [1.165, 1.54) is 6.92 Å². The van der Waals surface area contributed by atoms with Crippen LogP contribution in [0, 0.1) is 0 Å². The first kappa shape index (κ1) is 20.6. The maximum absolute atomic E-state index is 13.1. The van der Waals surface area contributed by atoms with E-state index in [1.54, 1.807) is 10.6 Å². The van der Waals surface area contributed by atoms with Crippen molar-refractivity contribution in [1.29, 1.82) is 0 Å². The van der Waals surface area contributed by atoms with E-state index >= 15 is 0 Å². The van der Waals surface area contributed by atoms with Gasteiger partial charge in [0.15, 0.2) is 0 Å². The number of fused-ring (bicyclic) bond motifs is 1. The summed E-state index contributed by atoms with van der Waals surface area (Å²) in [5.41, 5.74) is 0.528. The Hall–Kier alpha value is -2.67. The van der Waals surface area contributed by atoms with Crippen LogP contribution in [0.4, 0.5) is 0 Å².